The highest BCUT2D eigenvalue weighted by Gasteiger charge is 2.58. The van der Waals surface area contributed by atoms with Gasteiger partial charge in [-0.3, -0.25) is 23.4 Å². The lowest BCUT2D eigenvalue weighted by atomic mass is 9.84. The van der Waals surface area contributed by atoms with Gasteiger partial charge in [-0.25, -0.2) is 4.57 Å². The minimum Gasteiger partial charge on any atom is -0.463 e. The summed E-state index contributed by atoms with van der Waals surface area (Å²) >= 11 is 0. The number of phosphoric ester groups is 1. The lowest BCUT2D eigenvalue weighted by Crippen LogP contribution is -2.69. The number of phosphoric acid groups is 1. The van der Waals surface area contributed by atoms with Crippen LogP contribution in [0.3, 0.4) is 0 Å². The molecule has 2 heterocycles. The van der Waals surface area contributed by atoms with E-state index in [2.05, 4.69) is 20.8 Å². The van der Waals surface area contributed by atoms with Gasteiger partial charge >= 0.3 is 25.7 Å². The molecule has 2 aliphatic heterocycles. The Bertz CT molecular complexity index is 1920. The van der Waals surface area contributed by atoms with Crippen molar-refractivity contribution in [3.63, 3.8) is 0 Å². The van der Waals surface area contributed by atoms with Crippen LogP contribution >= 0.6 is 7.82 Å². The van der Waals surface area contributed by atoms with Crippen molar-refractivity contribution in [2.24, 2.45) is 0 Å². The third kappa shape index (κ3) is 34.0. The molecule has 0 radical (unpaired) electrons. The zero-order valence-corrected chi connectivity index (χ0v) is 57.0. The molecule has 1 aliphatic carbocycles. The van der Waals surface area contributed by atoms with Crippen molar-refractivity contribution in [1.29, 1.82) is 0 Å². The fourth-order valence-electron chi connectivity index (χ4n) is 12.0. The van der Waals surface area contributed by atoms with Crippen LogP contribution in [-0.4, -0.2) is 204 Å². The minimum atomic E-state index is -5.68. The molecule has 92 heavy (non-hydrogen) atoms. The van der Waals surface area contributed by atoms with Crippen LogP contribution in [0.5, 0.6) is 0 Å². The van der Waals surface area contributed by atoms with E-state index in [-0.39, 0.29) is 19.3 Å². The normalized spacial score (nSPS) is 28.6. The molecule has 25 heteroatoms. The van der Waals surface area contributed by atoms with Gasteiger partial charge in [-0.1, -0.05) is 239 Å². The number of carbonyl (C=O) groups is 3. The van der Waals surface area contributed by atoms with E-state index in [1.54, 1.807) is 0 Å². The first-order chi connectivity index (χ1) is 44.3. The van der Waals surface area contributed by atoms with Crippen molar-refractivity contribution in [2.45, 2.75) is 382 Å². The van der Waals surface area contributed by atoms with Crippen molar-refractivity contribution in [1.82, 2.24) is 0 Å². The van der Waals surface area contributed by atoms with Crippen molar-refractivity contribution in [2.75, 3.05) is 26.4 Å². The molecule has 11 N–H and O–H groups in total. The molecule has 0 aromatic carbocycles. The maximum Gasteiger partial charge on any atom is 0.472 e. The molecule has 3 fully saturated rings. The van der Waals surface area contributed by atoms with Crippen LogP contribution in [0.1, 0.15) is 278 Å². The van der Waals surface area contributed by atoms with Gasteiger partial charge in [-0.15, -0.1) is 0 Å². The molecule has 24 nitrogen and oxygen atoms in total. The first-order valence-corrected chi connectivity index (χ1v) is 37.3. The standard InChI is InChI=1S/C67H125O24P/c1-4-7-10-13-16-19-22-24-25-28-31-34-37-40-43-53(71)86-48(45-83-51(69)41-38-35-32-29-26-21-18-15-12-9-6-3)46-85-92(81,82)91-65-63(89-66-61(79)56(74)54(72)49(44-68)87-66)59(77)58(76)60(78)64(65)90-67-62(80)57(75)55(73)50(88-67)47-84-52(70)42-39-36-33-30-27-23-20-17-14-11-8-5-2/h48-50,54-68,72-80H,4-47H2,1-3H3,(H,81,82). The van der Waals surface area contributed by atoms with Crippen LogP contribution in [0.15, 0.2) is 0 Å². The number of hydrogen-bond donors (Lipinski definition) is 11. The number of carbonyl (C=O) groups excluding carboxylic acids is 3. The second kappa shape index (κ2) is 50.3. The van der Waals surface area contributed by atoms with Gasteiger partial charge in [0.1, 0.15) is 98.7 Å². The Morgan fingerprint density at radius 3 is 1.07 bits per heavy atom. The smallest absolute Gasteiger partial charge is 0.463 e. The van der Waals surface area contributed by atoms with Gasteiger partial charge in [0.05, 0.1) is 13.2 Å². The highest BCUT2D eigenvalue weighted by atomic mass is 31.2. The second-order valence-electron chi connectivity index (χ2n) is 26.0. The molecule has 542 valence electrons. The average molecular weight is 1350 g/mol. The SMILES string of the molecule is CCCCCCCCCCCCCCCCC(=O)OC(COC(=O)CCCCCCCCCCCCC)COP(=O)(O)OC1C(OC2OC(CO)C(O)C(O)C2O)C(O)C(O)C(O)C1OC1OC(COC(=O)CCCCCCCCCCCCCC)C(O)C(O)C1O. The number of ether oxygens (including phenoxy) is 7. The third-order valence-corrected chi connectivity index (χ3v) is 18.9. The van der Waals surface area contributed by atoms with E-state index in [1.165, 1.54) is 122 Å². The Morgan fingerprint density at radius 1 is 0.380 bits per heavy atom. The lowest BCUT2D eigenvalue weighted by molar-refractivity contribution is -0.360. The van der Waals surface area contributed by atoms with Gasteiger partial charge in [0.2, 0.25) is 0 Å². The molecular formula is C67H125O24P. The topological polar surface area (TPSA) is 374 Å². The predicted octanol–water partition coefficient (Wildman–Crippen LogP) is 8.62. The van der Waals surface area contributed by atoms with Gasteiger partial charge in [0, 0.05) is 19.3 Å². The molecule has 0 amide bonds. The molecule has 0 spiro atoms. The number of unbranched alkanes of at least 4 members (excludes halogenated alkanes) is 34. The van der Waals surface area contributed by atoms with Crippen LogP contribution in [0, 0.1) is 0 Å². The molecule has 1 saturated carbocycles. The summed E-state index contributed by atoms with van der Waals surface area (Å²) in [5.41, 5.74) is 0. The zero-order chi connectivity index (χ0) is 67.5. The maximum absolute atomic E-state index is 14.3. The predicted molar refractivity (Wildman–Crippen MR) is 342 cm³/mol. The summed E-state index contributed by atoms with van der Waals surface area (Å²) in [5, 5.41) is 110. The third-order valence-electron chi connectivity index (χ3n) is 17.9. The van der Waals surface area contributed by atoms with E-state index in [9.17, 15) is 74.9 Å². The van der Waals surface area contributed by atoms with E-state index in [0.717, 1.165) is 96.3 Å². The summed E-state index contributed by atoms with van der Waals surface area (Å²) in [6.07, 6.45) is 4.87. The van der Waals surface area contributed by atoms with Gasteiger partial charge in [-0.2, -0.15) is 0 Å². The molecule has 3 rings (SSSR count). The Hall–Kier alpha value is -2.04. The van der Waals surface area contributed by atoms with Crippen molar-refractivity contribution in [3.8, 4) is 0 Å². The summed E-state index contributed by atoms with van der Waals surface area (Å²) in [6, 6.07) is 0. The summed E-state index contributed by atoms with van der Waals surface area (Å²) in [6.45, 7) is 3.42. The van der Waals surface area contributed by atoms with Crippen LogP contribution < -0.4 is 0 Å². The van der Waals surface area contributed by atoms with E-state index in [4.69, 9.17) is 42.2 Å². The fraction of sp³-hybridized carbons (Fsp3) is 0.955. The van der Waals surface area contributed by atoms with E-state index >= 15 is 0 Å². The van der Waals surface area contributed by atoms with Crippen LogP contribution in [0.25, 0.3) is 0 Å². The summed E-state index contributed by atoms with van der Waals surface area (Å²) in [4.78, 5) is 50.8. The lowest BCUT2D eigenvalue weighted by Gasteiger charge is -2.49. The summed E-state index contributed by atoms with van der Waals surface area (Å²) in [7, 11) is -5.68. The molecule has 0 aromatic heterocycles. The molecule has 18 atom stereocenters. The zero-order valence-electron chi connectivity index (χ0n) is 56.1. The van der Waals surface area contributed by atoms with Crippen molar-refractivity contribution < 1.29 is 117 Å². The van der Waals surface area contributed by atoms with Gasteiger partial charge in [-0.05, 0) is 19.3 Å². The highest BCUT2D eigenvalue weighted by molar-refractivity contribution is 7.47. The summed E-state index contributed by atoms with van der Waals surface area (Å²) in [5.74, 6) is -1.98. The van der Waals surface area contributed by atoms with Crippen LogP contribution in [0.4, 0.5) is 0 Å². The Labute approximate surface area is 549 Å². The molecule has 3 aliphatic rings. The van der Waals surface area contributed by atoms with Crippen LogP contribution in [0.2, 0.25) is 0 Å². The van der Waals surface area contributed by atoms with Gasteiger partial charge < -0.3 is 89.1 Å². The molecule has 18 unspecified atom stereocenters. The second-order valence-corrected chi connectivity index (χ2v) is 27.4. The molecule has 0 aromatic rings. The first kappa shape index (κ1) is 84.2. The molecule has 2 saturated heterocycles. The van der Waals surface area contributed by atoms with Crippen LogP contribution in [-0.2, 0) is 61.2 Å². The summed E-state index contributed by atoms with van der Waals surface area (Å²) < 4.78 is 64.8. The van der Waals surface area contributed by atoms with Crippen molar-refractivity contribution >= 4 is 25.7 Å². The van der Waals surface area contributed by atoms with E-state index in [0.29, 0.717) is 19.3 Å². The number of aliphatic hydroxyl groups is 10. The largest absolute Gasteiger partial charge is 0.472 e. The van der Waals surface area contributed by atoms with E-state index < -0.39 is 156 Å². The van der Waals surface area contributed by atoms with Gasteiger partial charge in [0.15, 0.2) is 18.7 Å². The number of esters is 3. The Balaban J connectivity index is 1.76. The van der Waals surface area contributed by atoms with Gasteiger partial charge in [0.25, 0.3) is 0 Å². The molecule has 0 bridgehead atoms. The average Bonchev–Trinajstić information content (AvgIpc) is 0.817. The van der Waals surface area contributed by atoms with Crippen molar-refractivity contribution in [3.05, 3.63) is 0 Å². The molecular weight excluding hydrogens is 1220 g/mol. The Kier molecular flexibility index (Phi) is 46.0. The minimum absolute atomic E-state index is 0.0330. The monoisotopic (exact) mass is 1340 g/mol. The Morgan fingerprint density at radius 2 is 0.696 bits per heavy atom. The highest BCUT2D eigenvalue weighted by Crippen LogP contribution is 2.49. The quantitative estimate of drug-likeness (QED) is 0.0117. The fourth-order valence-corrected chi connectivity index (χ4v) is 13.0. The number of hydrogen-bond acceptors (Lipinski definition) is 23. The first-order valence-electron chi connectivity index (χ1n) is 35.8. The number of aliphatic hydroxyl groups excluding tert-OH is 10. The van der Waals surface area contributed by atoms with E-state index in [1.807, 2.05) is 0 Å². The number of rotatable bonds is 55. The maximum atomic E-state index is 14.3.